The molecule has 0 spiro atoms. The summed E-state index contributed by atoms with van der Waals surface area (Å²) in [6.07, 6.45) is -4.13. The summed E-state index contributed by atoms with van der Waals surface area (Å²) in [4.78, 5) is 21.5. The third-order valence-electron chi connectivity index (χ3n) is 2.29. The molecule has 0 aliphatic heterocycles. The zero-order valence-electron chi connectivity index (χ0n) is 10.3. The first kappa shape index (κ1) is 15.8. The highest BCUT2D eigenvalue weighted by molar-refractivity contribution is 5.89. The first-order valence-corrected chi connectivity index (χ1v) is 5.68. The number of alkyl halides is 3. The third kappa shape index (κ3) is 6.62. The maximum atomic E-state index is 11.9. The van der Waals surface area contributed by atoms with E-state index < -0.39 is 24.7 Å². The van der Waals surface area contributed by atoms with Crippen molar-refractivity contribution in [3.05, 3.63) is 29.8 Å². The molecule has 0 atom stereocenters. The van der Waals surface area contributed by atoms with Crippen LogP contribution in [-0.4, -0.2) is 29.8 Å². The Morgan fingerprint density at radius 2 is 1.75 bits per heavy atom. The summed E-state index contributed by atoms with van der Waals surface area (Å²) >= 11 is 0. The van der Waals surface area contributed by atoms with Crippen LogP contribution in [0.2, 0.25) is 0 Å². The minimum absolute atomic E-state index is 0.0150. The Bertz CT molecular complexity index is 472. The SMILES string of the molecule is O=C(O)CCc1ccc(NC(=O)NCC(F)(F)F)cc1. The van der Waals surface area contributed by atoms with Gasteiger partial charge in [0.25, 0.3) is 0 Å². The van der Waals surface area contributed by atoms with Crippen LogP contribution < -0.4 is 10.6 Å². The molecule has 0 heterocycles. The summed E-state index contributed by atoms with van der Waals surface area (Å²) in [6.45, 7) is -1.41. The van der Waals surface area contributed by atoms with E-state index in [2.05, 4.69) is 5.32 Å². The van der Waals surface area contributed by atoms with Crippen molar-refractivity contribution >= 4 is 17.7 Å². The van der Waals surface area contributed by atoms with Gasteiger partial charge in [-0.1, -0.05) is 12.1 Å². The Balaban J connectivity index is 2.44. The molecule has 3 N–H and O–H groups in total. The molecule has 0 unspecified atom stereocenters. The van der Waals surface area contributed by atoms with Gasteiger partial charge in [0, 0.05) is 12.1 Å². The van der Waals surface area contributed by atoms with E-state index in [0.717, 1.165) is 5.56 Å². The summed E-state index contributed by atoms with van der Waals surface area (Å²) in [5.41, 5.74) is 1.08. The maximum Gasteiger partial charge on any atom is 0.405 e. The molecule has 0 saturated heterocycles. The fraction of sp³-hybridized carbons (Fsp3) is 0.333. The number of halogens is 3. The average molecular weight is 290 g/mol. The lowest BCUT2D eigenvalue weighted by Crippen LogP contribution is -2.36. The van der Waals surface area contributed by atoms with Gasteiger partial charge in [0.15, 0.2) is 0 Å². The Labute approximate surface area is 112 Å². The van der Waals surface area contributed by atoms with E-state index in [1.807, 2.05) is 0 Å². The van der Waals surface area contributed by atoms with Crippen LogP contribution >= 0.6 is 0 Å². The van der Waals surface area contributed by atoms with E-state index in [-0.39, 0.29) is 6.42 Å². The molecule has 0 radical (unpaired) electrons. The Morgan fingerprint density at radius 3 is 2.25 bits per heavy atom. The van der Waals surface area contributed by atoms with Crippen LogP contribution in [0.4, 0.5) is 23.7 Å². The largest absolute Gasteiger partial charge is 0.481 e. The number of amides is 2. The molecule has 1 aromatic rings. The molecular weight excluding hydrogens is 277 g/mol. The van der Waals surface area contributed by atoms with Gasteiger partial charge >= 0.3 is 18.2 Å². The Morgan fingerprint density at radius 1 is 1.15 bits per heavy atom. The molecule has 110 valence electrons. The fourth-order valence-corrected chi connectivity index (χ4v) is 1.36. The van der Waals surface area contributed by atoms with Gasteiger partial charge < -0.3 is 15.7 Å². The first-order valence-electron chi connectivity index (χ1n) is 5.68. The molecule has 5 nitrogen and oxygen atoms in total. The van der Waals surface area contributed by atoms with Gasteiger partial charge in [0.2, 0.25) is 0 Å². The van der Waals surface area contributed by atoms with Crippen molar-refractivity contribution in [3.63, 3.8) is 0 Å². The number of carbonyl (C=O) groups is 2. The number of carboxylic acid groups (broad SMARTS) is 1. The normalized spacial score (nSPS) is 10.9. The van der Waals surface area contributed by atoms with Crippen LogP contribution in [0.25, 0.3) is 0 Å². The number of nitrogens with one attached hydrogen (secondary N) is 2. The van der Waals surface area contributed by atoms with Crippen molar-refractivity contribution in [2.24, 2.45) is 0 Å². The van der Waals surface area contributed by atoms with Crippen molar-refractivity contribution in [2.45, 2.75) is 19.0 Å². The van der Waals surface area contributed by atoms with E-state index in [0.29, 0.717) is 12.1 Å². The summed E-state index contributed by atoms with van der Waals surface area (Å²) in [6, 6.07) is 5.22. The first-order chi connectivity index (χ1) is 9.26. The lowest BCUT2D eigenvalue weighted by atomic mass is 10.1. The summed E-state index contributed by atoms with van der Waals surface area (Å²) in [5.74, 6) is -0.918. The summed E-state index contributed by atoms with van der Waals surface area (Å²) in [7, 11) is 0. The monoisotopic (exact) mass is 290 g/mol. The van der Waals surface area contributed by atoms with Crippen molar-refractivity contribution < 1.29 is 27.9 Å². The third-order valence-corrected chi connectivity index (χ3v) is 2.29. The van der Waals surface area contributed by atoms with Crippen molar-refractivity contribution in [2.75, 3.05) is 11.9 Å². The molecule has 0 aliphatic rings. The lowest BCUT2D eigenvalue weighted by molar-refractivity contribution is -0.137. The molecule has 8 heteroatoms. The molecule has 20 heavy (non-hydrogen) atoms. The van der Waals surface area contributed by atoms with Gasteiger partial charge in [-0.25, -0.2) is 4.79 Å². The number of hydrogen-bond acceptors (Lipinski definition) is 2. The van der Waals surface area contributed by atoms with Crippen molar-refractivity contribution in [1.29, 1.82) is 0 Å². The summed E-state index contributed by atoms with van der Waals surface area (Å²) < 4.78 is 35.6. The minimum atomic E-state index is -4.46. The van der Waals surface area contributed by atoms with Gasteiger partial charge in [-0.15, -0.1) is 0 Å². The van der Waals surface area contributed by atoms with Crippen molar-refractivity contribution in [1.82, 2.24) is 5.32 Å². The van der Waals surface area contributed by atoms with E-state index in [9.17, 15) is 22.8 Å². The van der Waals surface area contributed by atoms with Crippen LogP contribution in [-0.2, 0) is 11.2 Å². The van der Waals surface area contributed by atoms with Gasteiger partial charge in [-0.3, -0.25) is 4.79 Å². The van der Waals surface area contributed by atoms with Gasteiger partial charge in [0.05, 0.1) is 0 Å². The highest BCUT2D eigenvalue weighted by Gasteiger charge is 2.27. The predicted molar refractivity (Wildman–Crippen MR) is 65.5 cm³/mol. The van der Waals surface area contributed by atoms with Crippen LogP contribution in [0.15, 0.2) is 24.3 Å². The van der Waals surface area contributed by atoms with Crippen LogP contribution in [0.5, 0.6) is 0 Å². The van der Waals surface area contributed by atoms with Crippen LogP contribution in [0.3, 0.4) is 0 Å². The number of carbonyl (C=O) groups excluding carboxylic acids is 1. The molecule has 2 amide bonds. The van der Waals surface area contributed by atoms with Gasteiger partial charge in [0.1, 0.15) is 6.54 Å². The number of hydrogen-bond donors (Lipinski definition) is 3. The number of carboxylic acids is 1. The molecule has 1 rings (SSSR count). The molecule has 0 saturated carbocycles. The standard InChI is InChI=1S/C12H13F3N2O3/c13-12(14,15)7-16-11(20)17-9-4-1-8(2-5-9)3-6-10(18)19/h1-2,4-5H,3,6-7H2,(H,18,19)(H2,16,17,20). The zero-order chi connectivity index (χ0) is 15.2. The Hall–Kier alpha value is -2.25. The Kier molecular flexibility index (Phi) is 5.36. The molecule has 0 fully saturated rings. The quantitative estimate of drug-likeness (QED) is 0.779. The lowest BCUT2D eigenvalue weighted by Gasteiger charge is -2.10. The fourth-order valence-electron chi connectivity index (χ4n) is 1.36. The van der Waals surface area contributed by atoms with Crippen molar-refractivity contribution in [3.8, 4) is 0 Å². The van der Waals surface area contributed by atoms with E-state index in [4.69, 9.17) is 5.11 Å². The number of anilines is 1. The zero-order valence-corrected chi connectivity index (χ0v) is 10.3. The second-order valence-corrected chi connectivity index (χ2v) is 4.01. The van der Waals surface area contributed by atoms with Gasteiger partial charge in [-0.05, 0) is 24.1 Å². The van der Waals surface area contributed by atoms with Crippen LogP contribution in [0, 0.1) is 0 Å². The highest BCUT2D eigenvalue weighted by Crippen LogP contribution is 2.13. The molecular formula is C12H13F3N2O3. The van der Waals surface area contributed by atoms with E-state index in [1.54, 1.807) is 17.4 Å². The van der Waals surface area contributed by atoms with Gasteiger partial charge in [-0.2, -0.15) is 13.2 Å². The van der Waals surface area contributed by atoms with Crippen LogP contribution in [0.1, 0.15) is 12.0 Å². The second-order valence-electron chi connectivity index (χ2n) is 4.01. The predicted octanol–water partition coefficient (Wildman–Crippen LogP) is 2.39. The molecule has 0 aromatic heterocycles. The highest BCUT2D eigenvalue weighted by atomic mass is 19.4. The smallest absolute Gasteiger partial charge is 0.405 e. The van der Waals surface area contributed by atoms with E-state index in [1.165, 1.54) is 12.1 Å². The van der Waals surface area contributed by atoms with E-state index >= 15 is 0 Å². The molecule has 1 aromatic carbocycles. The number of benzene rings is 1. The average Bonchev–Trinajstić information content (AvgIpc) is 2.35. The number of rotatable bonds is 5. The summed E-state index contributed by atoms with van der Waals surface area (Å²) in [5, 5.41) is 12.4. The number of aliphatic carboxylic acids is 1. The molecule has 0 bridgehead atoms. The number of urea groups is 1. The second kappa shape index (κ2) is 6.78. The topological polar surface area (TPSA) is 78.4 Å². The molecule has 0 aliphatic carbocycles. The number of aryl methyl sites for hydroxylation is 1. The maximum absolute atomic E-state index is 11.9. The minimum Gasteiger partial charge on any atom is -0.481 e.